The van der Waals surface area contributed by atoms with Crippen molar-refractivity contribution in [2.75, 3.05) is 6.54 Å². The molecule has 0 aliphatic carbocycles. The number of rotatable bonds is 5. The molecule has 0 amide bonds. The lowest BCUT2D eigenvalue weighted by molar-refractivity contribution is 0.584. The Hall–Kier alpha value is -0.360. The number of thiophene rings is 1. The van der Waals surface area contributed by atoms with E-state index in [4.69, 9.17) is 11.6 Å². The minimum atomic E-state index is -3.39. The molecule has 0 saturated carbocycles. The number of sulfonamides is 1. The fraction of sp³-hybridized carbons (Fsp3) is 0.400. The summed E-state index contributed by atoms with van der Waals surface area (Å²) in [7, 11) is -3.39. The molecule has 0 aromatic carbocycles. The largest absolute Gasteiger partial charge is 0.250 e. The first kappa shape index (κ1) is 13.7. The normalized spacial score (nSPS) is 12.4. The van der Waals surface area contributed by atoms with Gasteiger partial charge in [0.1, 0.15) is 4.21 Å². The standard InChI is InChI=1S/C10H14ClNO2S2/c1-3-4-5-6-12-16(13,14)9-7-8(2)10(11)15-9/h3-4,7,12H,5-6H2,1-2H3/b4-3+. The van der Waals surface area contributed by atoms with Gasteiger partial charge in [0.2, 0.25) is 10.0 Å². The van der Waals surface area contributed by atoms with E-state index in [2.05, 4.69) is 4.72 Å². The smallest absolute Gasteiger partial charge is 0.210 e. The van der Waals surface area contributed by atoms with Gasteiger partial charge in [-0.15, -0.1) is 11.3 Å². The zero-order chi connectivity index (χ0) is 12.2. The van der Waals surface area contributed by atoms with Gasteiger partial charge in [-0.3, -0.25) is 0 Å². The number of hydrogen-bond acceptors (Lipinski definition) is 3. The first-order valence-corrected chi connectivity index (χ1v) is 7.52. The SMILES string of the molecule is C/C=C/CCNS(=O)(=O)c1cc(C)c(Cl)s1. The zero-order valence-electron chi connectivity index (χ0n) is 9.16. The Balaban J connectivity index is 2.71. The predicted octanol–water partition coefficient (Wildman–Crippen LogP) is 2.95. The van der Waals surface area contributed by atoms with E-state index >= 15 is 0 Å². The Morgan fingerprint density at radius 2 is 2.25 bits per heavy atom. The van der Waals surface area contributed by atoms with Gasteiger partial charge in [0.25, 0.3) is 0 Å². The summed E-state index contributed by atoms with van der Waals surface area (Å²) in [6.07, 6.45) is 4.49. The summed E-state index contributed by atoms with van der Waals surface area (Å²) < 4.78 is 26.9. The summed E-state index contributed by atoms with van der Waals surface area (Å²) in [6, 6.07) is 1.59. The van der Waals surface area contributed by atoms with Gasteiger partial charge in [0, 0.05) is 6.54 Å². The van der Waals surface area contributed by atoms with Crippen molar-refractivity contribution in [1.29, 1.82) is 0 Å². The Morgan fingerprint density at radius 3 is 2.75 bits per heavy atom. The molecule has 0 saturated heterocycles. The fourth-order valence-corrected chi connectivity index (χ4v) is 3.88. The Morgan fingerprint density at radius 1 is 1.56 bits per heavy atom. The van der Waals surface area contributed by atoms with Crippen molar-refractivity contribution in [2.45, 2.75) is 24.5 Å². The quantitative estimate of drug-likeness (QED) is 0.665. The van der Waals surface area contributed by atoms with E-state index in [1.54, 1.807) is 13.0 Å². The third-order valence-corrected chi connectivity index (χ3v) is 5.43. The molecule has 3 nitrogen and oxygen atoms in total. The summed E-state index contributed by atoms with van der Waals surface area (Å²) in [6.45, 7) is 4.09. The molecule has 90 valence electrons. The second kappa shape index (κ2) is 5.82. The average molecular weight is 280 g/mol. The van der Waals surface area contributed by atoms with Crippen LogP contribution in [0.3, 0.4) is 0 Å². The zero-order valence-corrected chi connectivity index (χ0v) is 11.5. The molecule has 1 aromatic heterocycles. The molecular weight excluding hydrogens is 266 g/mol. The first-order chi connectivity index (χ1) is 7.47. The van der Waals surface area contributed by atoms with Crippen molar-refractivity contribution in [3.05, 3.63) is 28.1 Å². The van der Waals surface area contributed by atoms with Crippen LogP contribution in [0.25, 0.3) is 0 Å². The van der Waals surface area contributed by atoms with E-state index < -0.39 is 10.0 Å². The predicted molar refractivity (Wildman–Crippen MR) is 68.7 cm³/mol. The molecule has 6 heteroatoms. The van der Waals surface area contributed by atoms with E-state index in [-0.39, 0.29) is 4.21 Å². The van der Waals surface area contributed by atoms with Gasteiger partial charge in [-0.2, -0.15) is 0 Å². The van der Waals surface area contributed by atoms with Crippen LogP contribution < -0.4 is 4.72 Å². The van der Waals surface area contributed by atoms with Crippen LogP contribution in [0.2, 0.25) is 4.34 Å². The maximum atomic E-state index is 11.8. The van der Waals surface area contributed by atoms with Crippen molar-refractivity contribution in [1.82, 2.24) is 4.72 Å². The third kappa shape index (κ3) is 3.59. The van der Waals surface area contributed by atoms with Crippen molar-refractivity contribution in [2.24, 2.45) is 0 Å². The molecular formula is C10H14ClNO2S2. The van der Waals surface area contributed by atoms with Crippen LogP contribution in [-0.4, -0.2) is 15.0 Å². The fourth-order valence-electron chi connectivity index (χ4n) is 1.08. The van der Waals surface area contributed by atoms with Crippen LogP contribution >= 0.6 is 22.9 Å². The highest BCUT2D eigenvalue weighted by atomic mass is 35.5. The van der Waals surface area contributed by atoms with Gasteiger partial charge >= 0.3 is 0 Å². The van der Waals surface area contributed by atoms with Crippen LogP contribution in [0, 0.1) is 6.92 Å². The van der Waals surface area contributed by atoms with Crippen molar-refractivity contribution in [3.63, 3.8) is 0 Å². The van der Waals surface area contributed by atoms with E-state index in [9.17, 15) is 8.42 Å². The lowest BCUT2D eigenvalue weighted by Gasteiger charge is -2.01. The maximum absolute atomic E-state index is 11.8. The topological polar surface area (TPSA) is 46.2 Å². The molecule has 1 heterocycles. The summed E-state index contributed by atoms with van der Waals surface area (Å²) in [5.41, 5.74) is 0.792. The van der Waals surface area contributed by atoms with E-state index in [0.717, 1.165) is 16.9 Å². The van der Waals surface area contributed by atoms with Crippen LogP contribution in [0.5, 0.6) is 0 Å². The number of halogens is 1. The minimum Gasteiger partial charge on any atom is -0.210 e. The molecule has 0 aliphatic heterocycles. The number of allylic oxidation sites excluding steroid dienone is 1. The van der Waals surface area contributed by atoms with Crippen LogP contribution in [0.4, 0.5) is 0 Å². The molecule has 0 fully saturated rings. The van der Waals surface area contributed by atoms with Crippen molar-refractivity contribution in [3.8, 4) is 0 Å². The molecule has 1 aromatic rings. The van der Waals surface area contributed by atoms with Crippen LogP contribution in [0.15, 0.2) is 22.4 Å². The van der Waals surface area contributed by atoms with Gasteiger partial charge in [0.05, 0.1) is 4.34 Å². The molecule has 16 heavy (non-hydrogen) atoms. The summed E-state index contributed by atoms with van der Waals surface area (Å²) >= 11 is 6.92. The highest BCUT2D eigenvalue weighted by Gasteiger charge is 2.17. The maximum Gasteiger partial charge on any atom is 0.250 e. The van der Waals surface area contributed by atoms with Gasteiger partial charge in [-0.1, -0.05) is 23.8 Å². The van der Waals surface area contributed by atoms with E-state index in [1.165, 1.54) is 0 Å². The first-order valence-electron chi connectivity index (χ1n) is 4.84. The third-order valence-electron chi connectivity index (χ3n) is 1.94. The van der Waals surface area contributed by atoms with Crippen molar-refractivity contribution < 1.29 is 8.42 Å². The van der Waals surface area contributed by atoms with Gasteiger partial charge in [-0.25, -0.2) is 13.1 Å². The number of nitrogens with one attached hydrogen (secondary N) is 1. The lowest BCUT2D eigenvalue weighted by atomic mass is 10.4. The molecule has 0 radical (unpaired) electrons. The summed E-state index contributed by atoms with van der Waals surface area (Å²) in [4.78, 5) is 0. The summed E-state index contributed by atoms with van der Waals surface area (Å²) in [5.74, 6) is 0. The summed E-state index contributed by atoms with van der Waals surface area (Å²) in [5, 5.41) is 0. The number of hydrogen-bond donors (Lipinski definition) is 1. The second-order valence-electron chi connectivity index (χ2n) is 3.28. The van der Waals surface area contributed by atoms with E-state index in [0.29, 0.717) is 17.3 Å². The molecule has 0 aliphatic rings. The molecule has 0 unspecified atom stereocenters. The molecule has 0 bridgehead atoms. The van der Waals surface area contributed by atoms with Crippen LogP contribution in [0.1, 0.15) is 18.9 Å². The highest BCUT2D eigenvalue weighted by Crippen LogP contribution is 2.29. The van der Waals surface area contributed by atoms with Gasteiger partial charge < -0.3 is 0 Å². The van der Waals surface area contributed by atoms with Gasteiger partial charge in [0.15, 0.2) is 0 Å². The minimum absolute atomic E-state index is 0.274. The lowest BCUT2D eigenvalue weighted by Crippen LogP contribution is -2.23. The van der Waals surface area contributed by atoms with Gasteiger partial charge in [-0.05, 0) is 31.9 Å². The number of aryl methyl sites for hydroxylation is 1. The molecule has 0 atom stereocenters. The Labute approximate surface area is 105 Å². The molecule has 1 N–H and O–H groups in total. The molecule has 0 spiro atoms. The second-order valence-corrected chi connectivity index (χ2v) is 6.93. The van der Waals surface area contributed by atoms with Crippen LogP contribution in [-0.2, 0) is 10.0 Å². The van der Waals surface area contributed by atoms with Crippen molar-refractivity contribution >= 4 is 33.0 Å². The molecule has 1 rings (SSSR count). The Bertz CT molecular complexity index is 458. The monoisotopic (exact) mass is 279 g/mol. The average Bonchev–Trinajstić information content (AvgIpc) is 2.55. The highest BCUT2D eigenvalue weighted by molar-refractivity contribution is 7.91. The Kier molecular flexibility index (Phi) is 4.98. The van der Waals surface area contributed by atoms with E-state index in [1.807, 2.05) is 19.1 Å².